The smallest absolute Gasteiger partial charge is 0.233 e. The van der Waals surface area contributed by atoms with Crippen LogP contribution in [0, 0.1) is 0 Å². The van der Waals surface area contributed by atoms with E-state index in [9.17, 15) is 4.79 Å². The maximum atomic E-state index is 12.2. The summed E-state index contributed by atoms with van der Waals surface area (Å²) in [6.07, 6.45) is 1.32. The lowest BCUT2D eigenvalue weighted by Gasteiger charge is -2.37. The number of aryl methyl sites for hydroxylation is 1. The monoisotopic (exact) mass is 339 g/mol. The third kappa shape index (κ3) is 3.10. The molecule has 0 radical (unpaired) electrons. The van der Waals surface area contributed by atoms with E-state index in [0.717, 1.165) is 11.3 Å². The first-order valence-electron chi connectivity index (χ1n) is 7.99. The molecule has 3 heterocycles. The second-order valence-electron chi connectivity index (χ2n) is 5.91. The van der Waals surface area contributed by atoms with Gasteiger partial charge in [0.05, 0.1) is 10.8 Å². The number of benzene rings is 1. The minimum atomic E-state index is 0.159. The molecule has 0 saturated carbocycles. The molecule has 1 aromatic carbocycles. The molecule has 1 aliphatic heterocycles. The molecule has 0 bridgehead atoms. The van der Waals surface area contributed by atoms with Crippen LogP contribution in [0.15, 0.2) is 52.4 Å². The van der Waals surface area contributed by atoms with Crippen LogP contribution in [0.4, 0.5) is 0 Å². The average molecular weight is 339 g/mol. The fraction of sp³-hybridized carbons (Fsp3) is 0.278. The van der Waals surface area contributed by atoms with E-state index in [4.69, 9.17) is 4.52 Å². The normalized spacial score (nSPS) is 14.6. The largest absolute Gasteiger partial charge is 0.341 e. The molecule has 1 amide bonds. The van der Waals surface area contributed by atoms with E-state index < -0.39 is 0 Å². The van der Waals surface area contributed by atoms with Gasteiger partial charge in [0.15, 0.2) is 0 Å². The Balaban J connectivity index is 1.29. The molecule has 3 aromatic rings. The van der Waals surface area contributed by atoms with E-state index in [0.29, 0.717) is 31.2 Å². The summed E-state index contributed by atoms with van der Waals surface area (Å²) >= 11 is 1.59. The number of amides is 1. The van der Waals surface area contributed by atoms with E-state index in [1.807, 2.05) is 40.6 Å². The number of hydrogen-bond acceptors (Lipinski definition) is 5. The Hall–Kier alpha value is -2.47. The van der Waals surface area contributed by atoms with Crippen LogP contribution in [0.5, 0.6) is 0 Å². The molecule has 1 saturated heterocycles. The highest BCUT2D eigenvalue weighted by molar-refractivity contribution is 7.13. The van der Waals surface area contributed by atoms with Crippen LogP contribution in [0.25, 0.3) is 10.7 Å². The number of hydrogen-bond donors (Lipinski definition) is 0. The zero-order chi connectivity index (χ0) is 16.4. The van der Waals surface area contributed by atoms with Crippen molar-refractivity contribution in [2.45, 2.75) is 18.8 Å². The van der Waals surface area contributed by atoms with Crippen LogP contribution in [0.3, 0.4) is 0 Å². The van der Waals surface area contributed by atoms with Gasteiger partial charge in [-0.25, -0.2) is 0 Å². The Labute approximate surface area is 143 Å². The predicted octanol–water partition coefficient (Wildman–Crippen LogP) is 3.36. The fourth-order valence-corrected chi connectivity index (χ4v) is 3.45. The van der Waals surface area contributed by atoms with Gasteiger partial charge < -0.3 is 9.42 Å². The van der Waals surface area contributed by atoms with Crippen LogP contribution in [0.1, 0.15) is 23.8 Å². The summed E-state index contributed by atoms with van der Waals surface area (Å²) in [5.41, 5.74) is 1.19. The minimum Gasteiger partial charge on any atom is -0.341 e. The first-order chi connectivity index (χ1) is 11.8. The maximum Gasteiger partial charge on any atom is 0.233 e. The van der Waals surface area contributed by atoms with Gasteiger partial charge in [0, 0.05) is 19.5 Å². The van der Waals surface area contributed by atoms with E-state index in [1.165, 1.54) is 5.56 Å². The maximum absolute atomic E-state index is 12.2. The van der Waals surface area contributed by atoms with Crippen molar-refractivity contribution in [1.82, 2.24) is 15.0 Å². The molecule has 24 heavy (non-hydrogen) atoms. The average Bonchev–Trinajstić information content (AvgIpc) is 3.24. The van der Waals surface area contributed by atoms with Gasteiger partial charge in [-0.3, -0.25) is 4.79 Å². The SMILES string of the molecule is O=C(CCc1ccccc1)N1CC(c2nc(-c3cccs3)no2)C1. The molecule has 0 N–H and O–H groups in total. The third-order valence-corrected chi connectivity index (χ3v) is 5.10. The van der Waals surface area contributed by atoms with Crippen LogP contribution in [0.2, 0.25) is 0 Å². The van der Waals surface area contributed by atoms with Crippen molar-refractivity contribution in [2.24, 2.45) is 0 Å². The topological polar surface area (TPSA) is 59.2 Å². The molecule has 6 heteroatoms. The van der Waals surface area contributed by atoms with Crippen molar-refractivity contribution < 1.29 is 9.32 Å². The third-order valence-electron chi connectivity index (χ3n) is 4.24. The summed E-state index contributed by atoms with van der Waals surface area (Å²) in [6.45, 7) is 1.33. The van der Waals surface area contributed by atoms with Crippen molar-refractivity contribution in [3.8, 4) is 10.7 Å². The molecule has 0 atom stereocenters. The Bertz CT molecular complexity index is 808. The fourth-order valence-electron chi connectivity index (χ4n) is 2.80. The lowest BCUT2D eigenvalue weighted by molar-refractivity contribution is -0.135. The summed E-state index contributed by atoms with van der Waals surface area (Å²) in [6, 6.07) is 14.0. The highest BCUT2D eigenvalue weighted by atomic mass is 32.1. The van der Waals surface area contributed by atoms with Gasteiger partial charge in [-0.05, 0) is 23.4 Å². The van der Waals surface area contributed by atoms with E-state index >= 15 is 0 Å². The van der Waals surface area contributed by atoms with Crippen molar-refractivity contribution in [3.05, 3.63) is 59.3 Å². The van der Waals surface area contributed by atoms with Crippen molar-refractivity contribution in [2.75, 3.05) is 13.1 Å². The van der Waals surface area contributed by atoms with E-state index in [2.05, 4.69) is 22.3 Å². The number of carbonyl (C=O) groups excluding carboxylic acids is 1. The summed E-state index contributed by atoms with van der Waals surface area (Å²) < 4.78 is 5.36. The van der Waals surface area contributed by atoms with Crippen LogP contribution >= 0.6 is 11.3 Å². The molecule has 0 unspecified atom stereocenters. The molecule has 5 nitrogen and oxygen atoms in total. The van der Waals surface area contributed by atoms with E-state index in [-0.39, 0.29) is 11.8 Å². The lowest BCUT2D eigenvalue weighted by atomic mass is 9.99. The van der Waals surface area contributed by atoms with Gasteiger partial charge in [-0.1, -0.05) is 41.6 Å². The standard InChI is InChI=1S/C18H17N3O2S/c22-16(9-8-13-5-2-1-3-6-13)21-11-14(12-21)18-19-17(20-23-18)15-7-4-10-24-15/h1-7,10,14H,8-9,11-12H2. The first kappa shape index (κ1) is 15.1. The number of aromatic nitrogens is 2. The molecular formula is C18H17N3O2S. The van der Waals surface area contributed by atoms with Gasteiger partial charge in [0.2, 0.25) is 17.6 Å². The van der Waals surface area contributed by atoms with Crippen LogP contribution in [-0.2, 0) is 11.2 Å². The zero-order valence-electron chi connectivity index (χ0n) is 13.1. The number of rotatable bonds is 5. The van der Waals surface area contributed by atoms with Gasteiger partial charge in [0.25, 0.3) is 0 Å². The van der Waals surface area contributed by atoms with Gasteiger partial charge in [-0.2, -0.15) is 4.98 Å². The number of thiophene rings is 1. The predicted molar refractivity (Wildman–Crippen MR) is 91.7 cm³/mol. The van der Waals surface area contributed by atoms with Crippen LogP contribution in [-0.4, -0.2) is 34.0 Å². The van der Waals surface area contributed by atoms with Crippen molar-refractivity contribution in [3.63, 3.8) is 0 Å². The molecule has 0 aliphatic carbocycles. The van der Waals surface area contributed by atoms with Crippen molar-refractivity contribution in [1.29, 1.82) is 0 Å². The van der Waals surface area contributed by atoms with Gasteiger partial charge in [-0.15, -0.1) is 11.3 Å². The Morgan fingerprint density at radius 2 is 2.04 bits per heavy atom. The highest BCUT2D eigenvalue weighted by Gasteiger charge is 2.35. The Kier molecular flexibility index (Phi) is 4.13. The molecule has 4 rings (SSSR count). The molecule has 2 aromatic heterocycles. The number of nitrogens with zero attached hydrogens (tertiary/aromatic N) is 3. The Morgan fingerprint density at radius 3 is 2.79 bits per heavy atom. The van der Waals surface area contributed by atoms with E-state index in [1.54, 1.807) is 11.3 Å². The number of likely N-dealkylation sites (tertiary alicyclic amines) is 1. The number of carbonyl (C=O) groups is 1. The Morgan fingerprint density at radius 1 is 1.21 bits per heavy atom. The quantitative estimate of drug-likeness (QED) is 0.715. The summed E-state index contributed by atoms with van der Waals surface area (Å²) in [5.74, 6) is 1.61. The molecular weight excluding hydrogens is 322 g/mol. The van der Waals surface area contributed by atoms with Crippen LogP contribution < -0.4 is 0 Å². The summed E-state index contributed by atoms with van der Waals surface area (Å²) in [5, 5.41) is 6.02. The zero-order valence-corrected chi connectivity index (χ0v) is 13.9. The second kappa shape index (κ2) is 6.57. The highest BCUT2D eigenvalue weighted by Crippen LogP contribution is 2.29. The van der Waals surface area contributed by atoms with Gasteiger partial charge in [0.1, 0.15) is 0 Å². The minimum absolute atomic E-state index is 0.159. The molecule has 0 spiro atoms. The molecule has 1 fully saturated rings. The summed E-state index contributed by atoms with van der Waals surface area (Å²) in [4.78, 5) is 19.5. The van der Waals surface area contributed by atoms with Crippen molar-refractivity contribution >= 4 is 17.2 Å². The molecule has 122 valence electrons. The molecule has 1 aliphatic rings. The summed E-state index contributed by atoms with van der Waals surface area (Å²) in [7, 11) is 0. The second-order valence-corrected chi connectivity index (χ2v) is 6.86. The van der Waals surface area contributed by atoms with Gasteiger partial charge >= 0.3 is 0 Å². The lowest BCUT2D eigenvalue weighted by Crippen LogP contribution is -2.48. The first-order valence-corrected chi connectivity index (χ1v) is 8.87.